The van der Waals surface area contributed by atoms with Crippen molar-refractivity contribution in [2.24, 2.45) is 0 Å². The number of amides is 1. The van der Waals surface area contributed by atoms with Crippen LogP contribution < -0.4 is 5.32 Å². The Hall–Kier alpha value is -3.45. The van der Waals surface area contributed by atoms with E-state index in [1.807, 2.05) is 24.3 Å². The fourth-order valence-electron chi connectivity index (χ4n) is 2.40. The monoisotopic (exact) mass is 362 g/mol. The summed E-state index contributed by atoms with van der Waals surface area (Å²) in [5, 5.41) is 3.06. The summed E-state index contributed by atoms with van der Waals surface area (Å²) in [5.74, 6) is -0.0385. The Bertz CT molecular complexity index is 1090. The fraction of sp³-hybridized carbons (Fsp3) is 0. The number of hydrogen-bond donors (Lipinski definition) is 1. The molecule has 0 aliphatic rings. The van der Waals surface area contributed by atoms with Crippen molar-refractivity contribution < 1.29 is 4.79 Å². The van der Waals surface area contributed by atoms with Crippen molar-refractivity contribution in [1.29, 1.82) is 0 Å². The van der Waals surface area contributed by atoms with Crippen LogP contribution in [0.2, 0.25) is 5.15 Å². The Morgan fingerprint density at radius 3 is 2.69 bits per heavy atom. The average molecular weight is 363 g/mol. The van der Waals surface area contributed by atoms with Crippen LogP contribution >= 0.6 is 11.6 Å². The van der Waals surface area contributed by atoms with Gasteiger partial charge in [0.2, 0.25) is 0 Å². The van der Waals surface area contributed by atoms with Crippen molar-refractivity contribution in [2.45, 2.75) is 0 Å². The van der Waals surface area contributed by atoms with Gasteiger partial charge in [0.05, 0.1) is 16.8 Å². The first-order valence-corrected chi connectivity index (χ1v) is 8.03. The maximum atomic E-state index is 12.4. The highest BCUT2D eigenvalue weighted by Crippen LogP contribution is 2.23. The van der Waals surface area contributed by atoms with Crippen molar-refractivity contribution in [3.8, 4) is 11.3 Å². The molecule has 1 N–H and O–H groups in total. The molecule has 7 nitrogen and oxygen atoms in total. The van der Waals surface area contributed by atoms with Crippen LogP contribution in [-0.2, 0) is 0 Å². The molecule has 0 unspecified atom stereocenters. The summed E-state index contributed by atoms with van der Waals surface area (Å²) in [6.45, 7) is 0. The van der Waals surface area contributed by atoms with Crippen LogP contribution in [0.4, 0.5) is 5.82 Å². The SMILES string of the molecule is O=C(Nc1ncnc2ccc(-c3cccnc3)nc12)c1ccc(Cl)nc1. The van der Waals surface area contributed by atoms with Crippen LogP contribution in [0.5, 0.6) is 0 Å². The van der Waals surface area contributed by atoms with E-state index in [9.17, 15) is 4.79 Å². The molecule has 0 saturated heterocycles. The predicted octanol–water partition coefficient (Wildman–Crippen LogP) is 3.39. The number of hydrogen-bond acceptors (Lipinski definition) is 6. The van der Waals surface area contributed by atoms with E-state index in [1.165, 1.54) is 12.5 Å². The maximum Gasteiger partial charge on any atom is 0.258 e. The Morgan fingerprint density at radius 1 is 1.00 bits per heavy atom. The predicted molar refractivity (Wildman–Crippen MR) is 97.8 cm³/mol. The average Bonchev–Trinajstić information content (AvgIpc) is 2.69. The van der Waals surface area contributed by atoms with Crippen molar-refractivity contribution in [3.63, 3.8) is 0 Å². The van der Waals surface area contributed by atoms with Crippen molar-refractivity contribution in [1.82, 2.24) is 24.9 Å². The highest BCUT2D eigenvalue weighted by molar-refractivity contribution is 6.29. The zero-order valence-electron chi connectivity index (χ0n) is 13.3. The van der Waals surface area contributed by atoms with Gasteiger partial charge in [0.1, 0.15) is 17.0 Å². The normalized spacial score (nSPS) is 10.7. The molecule has 1 amide bonds. The minimum Gasteiger partial charge on any atom is -0.305 e. The topological polar surface area (TPSA) is 93.6 Å². The molecule has 0 saturated carbocycles. The Kier molecular flexibility index (Phi) is 4.20. The summed E-state index contributed by atoms with van der Waals surface area (Å²) >= 11 is 5.75. The molecule has 26 heavy (non-hydrogen) atoms. The van der Waals surface area contributed by atoms with Gasteiger partial charge < -0.3 is 5.32 Å². The fourth-order valence-corrected chi connectivity index (χ4v) is 2.51. The molecular formula is C18H11ClN6O. The standard InChI is InChI=1S/C18H11ClN6O/c19-15-6-3-12(9-21-15)18(26)25-17-16-14(22-10-23-17)5-4-13(24-16)11-2-1-7-20-8-11/h1-10H,(H,22,23,25,26). The van der Waals surface area contributed by atoms with Gasteiger partial charge in [-0.25, -0.2) is 19.9 Å². The second kappa shape index (κ2) is 6.81. The lowest BCUT2D eigenvalue weighted by molar-refractivity contribution is 0.102. The Labute approximate surface area is 153 Å². The van der Waals surface area contributed by atoms with Crippen LogP contribution in [0, 0.1) is 0 Å². The molecule has 0 aromatic carbocycles. The number of halogens is 1. The Morgan fingerprint density at radius 2 is 1.92 bits per heavy atom. The van der Waals surface area contributed by atoms with E-state index in [2.05, 4.69) is 30.2 Å². The van der Waals surface area contributed by atoms with Crippen molar-refractivity contribution >= 4 is 34.4 Å². The van der Waals surface area contributed by atoms with Gasteiger partial charge in [-0.15, -0.1) is 0 Å². The number of nitrogens with one attached hydrogen (secondary N) is 1. The van der Waals surface area contributed by atoms with E-state index in [4.69, 9.17) is 11.6 Å². The summed E-state index contributed by atoms with van der Waals surface area (Å²) in [6, 6.07) is 10.5. The van der Waals surface area contributed by atoms with Crippen LogP contribution in [-0.4, -0.2) is 30.8 Å². The molecule has 4 heterocycles. The maximum absolute atomic E-state index is 12.4. The molecule has 126 valence electrons. The number of pyridine rings is 3. The lowest BCUT2D eigenvalue weighted by atomic mass is 10.2. The molecule has 0 spiro atoms. The molecule has 0 aliphatic carbocycles. The van der Waals surface area contributed by atoms with Crippen molar-refractivity contribution in [2.75, 3.05) is 5.32 Å². The lowest BCUT2D eigenvalue weighted by Crippen LogP contribution is -2.14. The van der Waals surface area contributed by atoms with E-state index >= 15 is 0 Å². The number of fused-ring (bicyclic) bond motifs is 1. The molecule has 0 aliphatic heterocycles. The third-order valence-electron chi connectivity index (χ3n) is 3.66. The van der Waals surface area contributed by atoms with Crippen molar-refractivity contribution in [3.05, 3.63) is 72.0 Å². The quantitative estimate of drug-likeness (QED) is 0.561. The summed E-state index contributed by atoms with van der Waals surface area (Å²) in [6.07, 6.45) is 6.19. The highest BCUT2D eigenvalue weighted by atomic mass is 35.5. The number of carbonyl (C=O) groups is 1. The molecule has 4 aromatic heterocycles. The third kappa shape index (κ3) is 3.20. The van der Waals surface area contributed by atoms with Gasteiger partial charge in [0.25, 0.3) is 5.91 Å². The summed E-state index contributed by atoms with van der Waals surface area (Å²) in [5.41, 5.74) is 3.05. The molecule has 0 radical (unpaired) electrons. The summed E-state index contributed by atoms with van der Waals surface area (Å²) in [4.78, 5) is 33.4. The highest BCUT2D eigenvalue weighted by Gasteiger charge is 2.12. The second-order valence-electron chi connectivity index (χ2n) is 5.35. The van der Waals surface area contributed by atoms with Gasteiger partial charge in [-0.1, -0.05) is 11.6 Å². The van der Waals surface area contributed by atoms with E-state index < -0.39 is 0 Å². The third-order valence-corrected chi connectivity index (χ3v) is 3.88. The second-order valence-corrected chi connectivity index (χ2v) is 5.74. The molecule has 4 aromatic rings. The Balaban J connectivity index is 1.72. The van der Waals surface area contributed by atoms with E-state index in [-0.39, 0.29) is 5.91 Å². The van der Waals surface area contributed by atoms with Gasteiger partial charge in [-0.05, 0) is 36.4 Å². The minimum atomic E-state index is -0.359. The molecular weight excluding hydrogens is 352 g/mol. The van der Waals surface area contributed by atoms with Crippen LogP contribution in [0.1, 0.15) is 10.4 Å². The molecule has 0 bridgehead atoms. The van der Waals surface area contributed by atoms with Gasteiger partial charge >= 0.3 is 0 Å². The zero-order chi connectivity index (χ0) is 17.9. The van der Waals surface area contributed by atoms with E-state index in [1.54, 1.807) is 24.5 Å². The summed E-state index contributed by atoms with van der Waals surface area (Å²) in [7, 11) is 0. The first-order chi connectivity index (χ1) is 12.7. The first-order valence-electron chi connectivity index (χ1n) is 7.66. The van der Waals surface area contributed by atoms with Gasteiger partial charge in [0.15, 0.2) is 5.82 Å². The largest absolute Gasteiger partial charge is 0.305 e. The zero-order valence-corrected chi connectivity index (χ0v) is 14.1. The van der Waals surface area contributed by atoms with Crippen LogP contribution in [0.15, 0.2) is 61.3 Å². The minimum absolute atomic E-state index is 0.316. The molecule has 8 heteroatoms. The number of nitrogens with zero attached hydrogens (tertiary/aromatic N) is 5. The van der Waals surface area contributed by atoms with Crippen LogP contribution in [0.25, 0.3) is 22.3 Å². The van der Waals surface area contributed by atoms with E-state index in [0.717, 1.165) is 5.56 Å². The van der Waals surface area contributed by atoms with Gasteiger partial charge in [-0.2, -0.15) is 0 Å². The van der Waals surface area contributed by atoms with E-state index in [0.29, 0.717) is 33.3 Å². The lowest BCUT2D eigenvalue weighted by Gasteiger charge is -2.08. The van der Waals surface area contributed by atoms with Gasteiger partial charge in [0, 0.05) is 24.2 Å². The van der Waals surface area contributed by atoms with Gasteiger partial charge in [-0.3, -0.25) is 9.78 Å². The molecule has 4 rings (SSSR count). The number of rotatable bonds is 3. The number of carbonyl (C=O) groups excluding carboxylic acids is 1. The molecule has 0 atom stereocenters. The smallest absolute Gasteiger partial charge is 0.258 e. The first kappa shape index (κ1) is 16.0. The summed E-state index contributed by atoms with van der Waals surface area (Å²) < 4.78 is 0. The van der Waals surface area contributed by atoms with Crippen LogP contribution in [0.3, 0.4) is 0 Å². The number of anilines is 1. The number of aromatic nitrogens is 5. The molecule has 0 fully saturated rings.